The van der Waals surface area contributed by atoms with E-state index in [0.717, 1.165) is 38.3 Å². The Hall–Kier alpha value is -3.00. The lowest BCUT2D eigenvalue weighted by atomic mass is 10.1. The number of halogens is 2. The number of para-hydroxylation sites is 1. The standard InChI is InChI=1S/C27H20BrClN2O3S/c28-20-8-11-24-23(15-20)19(17-30(24)16-18-6-9-21(29)10-7-18)14-25-26(32)31(27(33)35-25)12-13-34-22-4-2-1-3-5-22/h1-11,14-15,17H,12-13,16H2/b25-14-. The molecule has 4 aromatic rings. The zero-order valence-corrected chi connectivity index (χ0v) is 21.6. The van der Waals surface area contributed by atoms with Crippen LogP contribution in [0.1, 0.15) is 11.1 Å². The van der Waals surface area contributed by atoms with Gasteiger partial charge in [-0.05, 0) is 65.9 Å². The Balaban J connectivity index is 1.38. The number of thioether (sulfide) groups is 1. The predicted octanol–water partition coefficient (Wildman–Crippen LogP) is 7.22. The van der Waals surface area contributed by atoms with Crippen molar-refractivity contribution in [2.24, 2.45) is 0 Å². The van der Waals surface area contributed by atoms with Crippen LogP contribution in [0.25, 0.3) is 17.0 Å². The van der Waals surface area contributed by atoms with Crippen molar-refractivity contribution in [3.8, 4) is 5.75 Å². The van der Waals surface area contributed by atoms with Crippen LogP contribution in [0.4, 0.5) is 4.79 Å². The maximum atomic E-state index is 13.0. The smallest absolute Gasteiger partial charge is 0.293 e. The Labute approximate surface area is 220 Å². The number of hydrogen-bond donors (Lipinski definition) is 0. The van der Waals surface area contributed by atoms with Crippen molar-refractivity contribution in [1.29, 1.82) is 0 Å². The quantitative estimate of drug-likeness (QED) is 0.221. The Bertz CT molecular complexity index is 1430. The molecule has 176 valence electrons. The molecule has 2 amide bonds. The number of nitrogens with zero attached hydrogens (tertiary/aromatic N) is 2. The predicted molar refractivity (Wildman–Crippen MR) is 145 cm³/mol. The molecule has 1 aliphatic rings. The molecule has 0 radical (unpaired) electrons. The summed E-state index contributed by atoms with van der Waals surface area (Å²) in [5.41, 5.74) is 3.02. The second-order valence-corrected chi connectivity index (χ2v) is 10.3. The van der Waals surface area contributed by atoms with E-state index in [1.165, 1.54) is 4.90 Å². The molecule has 0 bridgehead atoms. The highest BCUT2D eigenvalue weighted by Crippen LogP contribution is 2.35. The lowest BCUT2D eigenvalue weighted by Crippen LogP contribution is -2.32. The highest BCUT2D eigenvalue weighted by Gasteiger charge is 2.35. The zero-order valence-electron chi connectivity index (χ0n) is 18.5. The Morgan fingerprint density at radius 3 is 2.54 bits per heavy atom. The number of benzene rings is 3. The summed E-state index contributed by atoms with van der Waals surface area (Å²) in [6.45, 7) is 1.09. The van der Waals surface area contributed by atoms with Crippen LogP contribution >= 0.6 is 39.3 Å². The summed E-state index contributed by atoms with van der Waals surface area (Å²) in [5, 5.41) is 1.40. The van der Waals surface area contributed by atoms with Gasteiger partial charge in [0.15, 0.2) is 0 Å². The number of rotatable bonds is 7. The van der Waals surface area contributed by atoms with Gasteiger partial charge in [0.05, 0.1) is 11.4 Å². The van der Waals surface area contributed by atoms with Gasteiger partial charge < -0.3 is 9.30 Å². The number of hydrogen-bond acceptors (Lipinski definition) is 4. The molecule has 0 aliphatic carbocycles. The third-order valence-corrected chi connectivity index (χ3v) is 7.28. The molecule has 5 nitrogen and oxygen atoms in total. The average Bonchev–Trinajstić information content (AvgIpc) is 3.32. The van der Waals surface area contributed by atoms with Gasteiger partial charge in [-0.1, -0.05) is 57.9 Å². The van der Waals surface area contributed by atoms with Gasteiger partial charge >= 0.3 is 0 Å². The highest BCUT2D eigenvalue weighted by molar-refractivity contribution is 9.10. The number of imide groups is 1. The van der Waals surface area contributed by atoms with Crippen LogP contribution in [-0.4, -0.2) is 33.8 Å². The van der Waals surface area contributed by atoms with E-state index in [4.69, 9.17) is 16.3 Å². The number of carbonyl (C=O) groups is 2. The maximum Gasteiger partial charge on any atom is 0.293 e. The van der Waals surface area contributed by atoms with Gasteiger partial charge in [0.2, 0.25) is 0 Å². The van der Waals surface area contributed by atoms with Crippen LogP contribution in [0.5, 0.6) is 5.75 Å². The Morgan fingerprint density at radius 1 is 1.00 bits per heavy atom. The fraction of sp³-hybridized carbons (Fsp3) is 0.111. The van der Waals surface area contributed by atoms with E-state index < -0.39 is 0 Å². The highest BCUT2D eigenvalue weighted by atomic mass is 79.9. The van der Waals surface area contributed by atoms with Gasteiger partial charge in [-0.15, -0.1) is 0 Å². The van der Waals surface area contributed by atoms with Crippen LogP contribution in [0.2, 0.25) is 5.02 Å². The first-order chi connectivity index (χ1) is 17.0. The molecule has 35 heavy (non-hydrogen) atoms. The van der Waals surface area contributed by atoms with Crippen molar-refractivity contribution < 1.29 is 14.3 Å². The SMILES string of the molecule is O=C1S/C(=C\c2cn(Cc3ccc(Cl)cc3)c3ccc(Br)cc23)C(=O)N1CCOc1ccccc1. The fourth-order valence-electron chi connectivity index (χ4n) is 3.93. The van der Waals surface area contributed by atoms with E-state index in [0.29, 0.717) is 22.2 Å². The third kappa shape index (κ3) is 5.32. The first-order valence-corrected chi connectivity index (χ1v) is 12.9. The summed E-state index contributed by atoms with van der Waals surface area (Å²) in [6.07, 6.45) is 3.81. The second kappa shape index (κ2) is 10.3. The molecule has 1 fully saturated rings. The minimum absolute atomic E-state index is 0.195. The van der Waals surface area contributed by atoms with Gasteiger partial charge in [0, 0.05) is 38.7 Å². The van der Waals surface area contributed by atoms with Crippen molar-refractivity contribution in [2.45, 2.75) is 6.54 Å². The average molecular weight is 568 g/mol. The van der Waals surface area contributed by atoms with Crippen molar-refractivity contribution in [1.82, 2.24) is 9.47 Å². The summed E-state index contributed by atoms with van der Waals surface area (Å²) >= 11 is 10.5. The van der Waals surface area contributed by atoms with Gasteiger partial charge in [0.25, 0.3) is 11.1 Å². The number of fused-ring (bicyclic) bond motifs is 1. The summed E-state index contributed by atoms with van der Waals surface area (Å²) in [5.74, 6) is 0.402. The van der Waals surface area contributed by atoms with E-state index in [-0.39, 0.29) is 24.3 Å². The normalized spacial score (nSPS) is 14.9. The van der Waals surface area contributed by atoms with Gasteiger partial charge in [-0.3, -0.25) is 14.5 Å². The molecule has 1 aliphatic heterocycles. The molecule has 0 N–H and O–H groups in total. The molecule has 1 saturated heterocycles. The minimum Gasteiger partial charge on any atom is -0.492 e. The van der Waals surface area contributed by atoms with E-state index in [1.807, 2.05) is 79.0 Å². The maximum absolute atomic E-state index is 13.0. The Morgan fingerprint density at radius 2 is 1.77 bits per heavy atom. The van der Waals surface area contributed by atoms with E-state index in [2.05, 4.69) is 20.5 Å². The number of carbonyl (C=O) groups excluding carboxylic acids is 2. The topological polar surface area (TPSA) is 51.5 Å². The molecule has 8 heteroatoms. The summed E-state index contributed by atoms with van der Waals surface area (Å²) in [7, 11) is 0. The molecule has 0 saturated carbocycles. The number of ether oxygens (including phenoxy) is 1. The molecular formula is C27H20BrClN2O3S. The van der Waals surface area contributed by atoms with Crippen LogP contribution in [-0.2, 0) is 11.3 Å². The van der Waals surface area contributed by atoms with Crippen LogP contribution < -0.4 is 4.74 Å². The molecule has 2 heterocycles. The van der Waals surface area contributed by atoms with Crippen molar-refractivity contribution >= 4 is 67.4 Å². The molecule has 0 spiro atoms. The van der Waals surface area contributed by atoms with Gasteiger partial charge in [-0.2, -0.15) is 0 Å². The zero-order chi connectivity index (χ0) is 24.4. The lowest BCUT2D eigenvalue weighted by molar-refractivity contribution is -0.123. The second-order valence-electron chi connectivity index (χ2n) is 8.00. The van der Waals surface area contributed by atoms with E-state index in [9.17, 15) is 9.59 Å². The molecule has 1 aromatic heterocycles. The molecule has 0 atom stereocenters. The molecular weight excluding hydrogens is 548 g/mol. The van der Waals surface area contributed by atoms with Crippen LogP contribution in [0, 0.1) is 0 Å². The Kier molecular flexibility index (Phi) is 7.00. The van der Waals surface area contributed by atoms with Crippen molar-refractivity contribution in [3.05, 3.63) is 105 Å². The van der Waals surface area contributed by atoms with Crippen LogP contribution in [0.15, 0.2) is 88.4 Å². The third-order valence-electron chi connectivity index (χ3n) is 5.63. The van der Waals surface area contributed by atoms with Gasteiger partial charge in [-0.25, -0.2) is 0 Å². The monoisotopic (exact) mass is 566 g/mol. The van der Waals surface area contributed by atoms with Crippen LogP contribution in [0.3, 0.4) is 0 Å². The molecule has 0 unspecified atom stereocenters. The fourth-order valence-corrected chi connectivity index (χ4v) is 5.28. The summed E-state index contributed by atoms with van der Waals surface area (Å²) < 4.78 is 8.74. The molecule has 5 rings (SSSR count). The van der Waals surface area contributed by atoms with E-state index in [1.54, 1.807) is 6.08 Å². The first-order valence-electron chi connectivity index (χ1n) is 10.9. The summed E-state index contributed by atoms with van der Waals surface area (Å²) in [6, 6.07) is 23.1. The van der Waals surface area contributed by atoms with Crippen molar-refractivity contribution in [2.75, 3.05) is 13.2 Å². The number of amides is 2. The first kappa shape index (κ1) is 23.7. The largest absolute Gasteiger partial charge is 0.492 e. The lowest BCUT2D eigenvalue weighted by Gasteiger charge is -2.13. The van der Waals surface area contributed by atoms with Crippen molar-refractivity contribution in [3.63, 3.8) is 0 Å². The van der Waals surface area contributed by atoms with Gasteiger partial charge in [0.1, 0.15) is 12.4 Å². The summed E-state index contributed by atoms with van der Waals surface area (Å²) in [4.78, 5) is 27.2. The number of aromatic nitrogens is 1. The molecule has 3 aromatic carbocycles. The van der Waals surface area contributed by atoms with E-state index >= 15 is 0 Å². The minimum atomic E-state index is -0.301.